The molecule has 2 saturated heterocycles. The largest absolute Gasteiger partial charge is 0.366 e. The van der Waals surface area contributed by atoms with Gasteiger partial charge in [-0.2, -0.15) is 0 Å². The molecule has 0 atom stereocenters. The number of hydrogen-bond acceptors (Lipinski definition) is 5. The Morgan fingerprint density at radius 3 is 2.11 bits per heavy atom. The van der Waals surface area contributed by atoms with E-state index >= 15 is 0 Å². The monoisotopic (exact) mass is 481 g/mol. The number of rotatable bonds is 5. The van der Waals surface area contributed by atoms with Gasteiger partial charge in [0.1, 0.15) is 0 Å². The van der Waals surface area contributed by atoms with E-state index in [4.69, 9.17) is 0 Å². The van der Waals surface area contributed by atoms with Crippen molar-refractivity contribution in [1.29, 1.82) is 0 Å². The molecule has 5 rings (SSSR count). The van der Waals surface area contributed by atoms with Gasteiger partial charge in [-0.15, -0.1) is 0 Å². The van der Waals surface area contributed by atoms with E-state index in [1.54, 1.807) is 0 Å². The summed E-state index contributed by atoms with van der Waals surface area (Å²) < 4.78 is 0. The zero-order valence-corrected chi connectivity index (χ0v) is 20.8. The first-order chi connectivity index (χ1) is 17.1. The predicted octanol–water partition coefficient (Wildman–Crippen LogP) is 2.70. The summed E-state index contributed by atoms with van der Waals surface area (Å²) in [4.78, 5) is 45.1. The molecule has 3 amide bonds. The molecular weight excluding hydrogens is 442 g/mol. The Morgan fingerprint density at radius 1 is 0.771 bits per heavy atom. The van der Waals surface area contributed by atoms with Crippen LogP contribution in [0.1, 0.15) is 61.7 Å². The second-order valence-corrected chi connectivity index (χ2v) is 10.5. The molecule has 190 valence electrons. The normalized spacial score (nSPS) is 22.0. The first kappa shape index (κ1) is 24.1. The van der Waals surface area contributed by atoms with Gasteiger partial charge in [0.15, 0.2) is 0 Å². The lowest BCUT2D eigenvalue weighted by atomic mass is 9.84. The summed E-state index contributed by atoms with van der Waals surface area (Å²) in [5.41, 5.74) is 2.29. The van der Waals surface area contributed by atoms with E-state index in [1.165, 1.54) is 12.8 Å². The molecule has 8 heteroatoms. The lowest BCUT2D eigenvalue weighted by molar-refractivity contribution is -0.138. The zero-order valence-electron chi connectivity index (χ0n) is 20.8. The number of amides is 3. The number of nitrogens with zero attached hydrogens (tertiary/aromatic N) is 3. The highest BCUT2D eigenvalue weighted by Crippen LogP contribution is 2.33. The first-order valence-electron chi connectivity index (χ1n) is 13.6. The van der Waals surface area contributed by atoms with Gasteiger partial charge in [-0.1, -0.05) is 25.7 Å². The molecule has 4 aliphatic rings. The Kier molecular flexibility index (Phi) is 7.56. The standard InChI is InChI=1S/C27H39N5O3/c33-25(20-5-2-1-3-6-20)29-23-19-22(27(35)31-13-11-28-12-14-31)9-10-24(23)30-15-17-32(18-16-30)26(34)21-7-4-8-21/h9-10,19-21,28H,1-8,11-18H2,(H,29,33). The van der Waals surface area contributed by atoms with Crippen molar-refractivity contribution in [2.75, 3.05) is 62.6 Å². The smallest absolute Gasteiger partial charge is 0.254 e. The van der Waals surface area contributed by atoms with Crippen molar-refractivity contribution in [3.05, 3.63) is 23.8 Å². The number of benzene rings is 1. The third-order valence-electron chi connectivity index (χ3n) is 8.27. The molecule has 0 spiro atoms. The second-order valence-electron chi connectivity index (χ2n) is 10.5. The van der Waals surface area contributed by atoms with Gasteiger partial charge in [-0.3, -0.25) is 14.4 Å². The predicted molar refractivity (Wildman–Crippen MR) is 137 cm³/mol. The molecule has 1 aromatic rings. The Morgan fingerprint density at radius 2 is 1.46 bits per heavy atom. The van der Waals surface area contributed by atoms with E-state index in [-0.39, 0.29) is 23.7 Å². The fourth-order valence-corrected chi connectivity index (χ4v) is 5.78. The Bertz CT molecular complexity index is 927. The number of piperazine rings is 2. The summed E-state index contributed by atoms with van der Waals surface area (Å²) in [5, 5.41) is 6.49. The van der Waals surface area contributed by atoms with Crippen LogP contribution in [0.25, 0.3) is 0 Å². The molecule has 0 aromatic heterocycles. The molecule has 8 nitrogen and oxygen atoms in total. The average molecular weight is 482 g/mol. The van der Waals surface area contributed by atoms with Crippen LogP contribution in [0.5, 0.6) is 0 Å². The number of nitrogens with one attached hydrogen (secondary N) is 2. The summed E-state index contributed by atoms with van der Waals surface area (Å²) in [6.07, 6.45) is 8.49. The fraction of sp³-hybridized carbons (Fsp3) is 0.667. The molecule has 35 heavy (non-hydrogen) atoms. The van der Waals surface area contributed by atoms with Gasteiger partial charge in [0, 0.05) is 69.8 Å². The summed E-state index contributed by atoms with van der Waals surface area (Å²) >= 11 is 0. The molecule has 2 heterocycles. The van der Waals surface area contributed by atoms with E-state index < -0.39 is 0 Å². The van der Waals surface area contributed by atoms with Crippen LogP contribution in [0.2, 0.25) is 0 Å². The van der Waals surface area contributed by atoms with Gasteiger partial charge in [0.05, 0.1) is 11.4 Å². The number of hydrogen-bond donors (Lipinski definition) is 2. The minimum absolute atomic E-state index is 0.0159. The SMILES string of the molecule is O=C(Nc1cc(C(=O)N2CCNCC2)ccc1N1CCN(C(=O)C2CCC2)CC1)C1CCCCC1. The molecule has 0 radical (unpaired) electrons. The summed E-state index contributed by atoms with van der Waals surface area (Å²) in [5.74, 6) is 0.653. The van der Waals surface area contributed by atoms with E-state index in [1.807, 2.05) is 28.0 Å². The topological polar surface area (TPSA) is 85.0 Å². The fourth-order valence-electron chi connectivity index (χ4n) is 5.78. The summed E-state index contributed by atoms with van der Waals surface area (Å²) in [7, 11) is 0. The van der Waals surface area contributed by atoms with Gasteiger partial charge < -0.3 is 25.3 Å². The molecule has 2 aliphatic heterocycles. The molecular formula is C27H39N5O3. The minimum atomic E-state index is 0.0159. The van der Waals surface area contributed by atoms with Crippen LogP contribution in [0.3, 0.4) is 0 Å². The highest BCUT2D eigenvalue weighted by atomic mass is 16.2. The van der Waals surface area contributed by atoms with Crippen LogP contribution in [-0.2, 0) is 9.59 Å². The molecule has 4 fully saturated rings. The molecule has 0 bridgehead atoms. The lowest BCUT2D eigenvalue weighted by Gasteiger charge is -2.39. The number of carbonyl (C=O) groups excluding carboxylic acids is 3. The maximum atomic E-state index is 13.2. The van der Waals surface area contributed by atoms with Crippen molar-refractivity contribution in [3.63, 3.8) is 0 Å². The quantitative estimate of drug-likeness (QED) is 0.676. The van der Waals surface area contributed by atoms with E-state index in [0.717, 1.165) is 76.1 Å². The molecule has 2 N–H and O–H groups in total. The molecule has 0 unspecified atom stereocenters. The van der Waals surface area contributed by atoms with Crippen molar-refractivity contribution in [1.82, 2.24) is 15.1 Å². The highest BCUT2D eigenvalue weighted by molar-refractivity contribution is 6.00. The van der Waals surface area contributed by atoms with Gasteiger partial charge in [-0.25, -0.2) is 0 Å². The third-order valence-corrected chi connectivity index (χ3v) is 8.27. The van der Waals surface area contributed by atoms with Gasteiger partial charge in [0.2, 0.25) is 11.8 Å². The van der Waals surface area contributed by atoms with Crippen LogP contribution >= 0.6 is 0 Å². The van der Waals surface area contributed by atoms with Crippen LogP contribution in [-0.4, -0.2) is 79.9 Å². The van der Waals surface area contributed by atoms with Crippen molar-refractivity contribution in [2.45, 2.75) is 51.4 Å². The van der Waals surface area contributed by atoms with E-state index in [0.29, 0.717) is 37.6 Å². The summed E-state index contributed by atoms with van der Waals surface area (Å²) in [6.45, 7) is 5.87. The van der Waals surface area contributed by atoms with Crippen molar-refractivity contribution < 1.29 is 14.4 Å². The highest BCUT2D eigenvalue weighted by Gasteiger charge is 2.32. The molecule has 1 aromatic carbocycles. The number of carbonyl (C=O) groups is 3. The summed E-state index contributed by atoms with van der Waals surface area (Å²) in [6, 6.07) is 5.74. The van der Waals surface area contributed by atoms with E-state index in [9.17, 15) is 14.4 Å². The maximum Gasteiger partial charge on any atom is 0.254 e. The Balaban J connectivity index is 1.33. The van der Waals surface area contributed by atoms with Crippen molar-refractivity contribution in [3.8, 4) is 0 Å². The van der Waals surface area contributed by atoms with Crippen LogP contribution in [0, 0.1) is 11.8 Å². The van der Waals surface area contributed by atoms with Crippen LogP contribution in [0.4, 0.5) is 11.4 Å². The Labute approximate surface area is 208 Å². The zero-order chi connectivity index (χ0) is 24.2. The average Bonchev–Trinajstić information content (AvgIpc) is 2.88. The minimum Gasteiger partial charge on any atom is -0.366 e. The van der Waals surface area contributed by atoms with Gasteiger partial charge >= 0.3 is 0 Å². The molecule has 2 saturated carbocycles. The second kappa shape index (κ2) is 11.0. The van der Waals surface area contributed by atoms with E-state index in [2.05, 4.69) is 15.5 Å². The lowest BCUT2D eigenvalue weighted by Crippen LogP contribution is -2.51. The first-order valence-corrected chi connectivity index (χ1v) is 13.6. The number of anilines is 2. The third kappa shape index (κ3) is 5.47. The van der Waals surface area contributed by atoms with Crippen LogP contribution in [0.15, 0.2) is 18.2 Å². The van der Waals surface area contributed by atoms with Gasteiger partial charge in [-0.05, 0) is 43.9 Å². The molecule has 2 aliphatic carbocycles. The van der Waals surface area contributed by atoms with Crippen molar-refractivity contribution in [2.24, 2.45) is 11.8 Å². The van der Waals surface area contributed by atoms with Crippen LogP contribution < -0.4 is 15.5 Å². The van der Waals surface area contributed by atoms with Gasteiger partial charge in [0.25, 0.3) is 5.91 Å². The maximum absolute atomic E-state index is 13.2. The Hall–Kier alpha value is -2.61. The van der Waals surface area contributed by atoms with Crippen molar-refractivity contribution >= 4 is 29.1 Å².